The highest BCUT2D eigenvalue weighted by atomic mass is 16.5. The van der Waals surface area contributed by atoms with Gasteiger partial charge in [-0.2, -0.15) is 0 Å². The Morgan fingerprint density at radius 1 is 0.970 bits per heavy atom. The number of anilines is 1. The average molecular weight is 450 g/mol. The van der Waals surface area contributed by atoms with Gasteiger partial charge in [0.05, 0.1) is 31.0 Å². The number of carbonyl (C=O) groups excluding carboxylic acids is 3. The maximum atomic E-state index is 13.7. The first-order valence-electron chi connectivity index (χ1n) is 10.9. The van der Waals surface area contributed by atoms with Crippen LogP contribution in [0.4, 0.5) is 5.69 Å². The lowest BCUT2D eigenvalue weighted by Crippen LogP contribution is -2.54. The minimum absolute atomic E-state index is 0.112. The van der Waals surface area contributed by atoms with Crippen LogP contribution >= 0.6 is 0 Å². The van der Waals surface area contributed by atoms with Crippen molar-refractivity contribution in [1.29, 1.82) is 0 Å². The fourth-order valence-corrected chi connectivity index (χ4v) is 4.89. The van der Waals surface area contributed by atoms with Crippen molar-refractivity contribution in [2.75, 3.05) is 58.9 Å². The van der Waals surface area contributed by atoms with Crippen LogP contribution in [0.25, 0.3) is 0 Å². The molecule has 3 aliphatic rings. The van der Waals surface area contributed by atoms with Crippen LogP contribution < -0.4 is 14.4 Å². The van der Waals surface area contributed by atoms with Crippen molar-refractivity contribution < 1.29 is 23.9 Å². The summed E-state index contributed by atoms with van der Waals surface area (Å²) < 4.78 is 10.9. The minimum atomic E-state index is -0.730. The third kappa shape index (κ3) is 3.22. The van der Waals surface area contributed by atoms with Gasteiger partial charge in [-0.25, -0.2) is 0 Å². The number of ether oxygens (including phenoxy) is 2. The Morgan fingerprint density at radius 3 is 2.39 bits per heavy atom. The third-order valence-electron chi connectivity index (χ3n) is 6.64. The van der Waals surface area contributed by atoms with Crippen LogP contribution in [0.1, 0.15) is 32.4 Å². The first-order valence-corrected chi connectivity index (χ1v) is 10.9. The van der Waals surface area contributed by atoms with Gasteiger partial charge < -0.3 is 24.2 Å². The van der Waals surface area contributed by atoms with Crippen molar-refractivity contribution in [3.05, 3.63) is 53.1 Å². The van der Waals surface area contributed by atoms with Crippen molar-refractivity contribution in [3.8, 4) is 11.5 Å². The second-order valence-electron chi connectivity index (χ2n) is 8.45. The molecular formula is C24H26N4O5. The smallest absolute Gasteiger partial charge is 0.264 e. The summed E-state index contributed by atoms with van der Waals surface area (Å²) in [6, 6.07) is 10.5. The van der Waals surface area contributed by atoms with E-state index in [0.717, 1.165) is 13.1 Å². The second kappa shape index (κ2) is 8.08. The Kier molecular flexibility index (Phi) is 5.20. The van der Waals surface area contributed by atoms with Crippen LogP contribution in [-0.4, -0.2) is 86.4 Å². The van der Waals surface area contributed by atoms with E-state index in [1.165, 1.54) is 19.1 Å². The molecule has 172 valence electrons. The van der Waals surface area contributed by atoms with E-state index in [1.54, 1.807) is 46.2 Å². The first-order chi connectivity index (χ1) is 16.0. The SMILES string of the molecule is COc1ccc2c(c1OC)C(=O)N1c3ccccc3C(=O)N(CC(=O)N3CCN(C)CC3)[C@@H]21. The lowest BCUT2D eigenvalue weighted by molar-refractivity contribution is -0.134. The van der Waals surface area contributed by atoms with Gasteiger partial charge in [0.1, 0.15) is 12.7 Å². The number of fused-ring (bicyclic) bond motifs is 5. The number of para-hydroxylation sites is 1. The van der Waals surface area contributed by atoms with Gasteiger partial charge in [0, 0.05) is 31.7 Å². The Morgan fingerprint density at radius 2 is 1.70 bits per heavy atom. The monoisotopic (exact) mass is 450 g/mol. The number of amides is 3. The van der Waals surface area contributed by atoms with Gasteiger partial charge in [-0.05, 0) is 25.2 Å². The highest BCUT2D eigenvalue weighted by molar-refractivity contribution is 6.18. The molecule has 9 heteroatoms. The van der Waals surface area contributed by atoms with Gasteiger partial charge in [0.15, 0.2) is 11.5 Å². The number of likely N-dealkylation sites (N-methyl/N-ethyl adjacent to an activating group) is 1. The Bertz CT molecular complexity index is 1140. The molecule has 3 aliphatic heterocycles. The molecule has 1 saturated heterocycles. The molecule has 0 unspecified atom stereocenters. The van der Waals surface area contributed by atoms with E-state index in [1.807, 2.05) is 7.05 Å². The first kappa shape index (κ1) is 21.3. The van der Waals surface area contributed by atoms with E-state index in [9.17, 15) is 14.4 Å². The maximum absolute atomic E-state index is 13.7. The average Bonchev–Trinajstić information content (AvgIpc) is 3.13. The van der Waals surface area contributed by atoms with E-state index >= 15 is 0 Å². The standard InChI is InChI=1S/C24H26N4O5/c1-25-10-12-26(13-11-25)19(29)14-27-22-16-8-9-18(32-2)21(33-3)20(16)24(31)28(22)17-7-5-4-6-15(17)23(27)30/h4-9,22H,10-14H2,1-3H3/t22-/m1/s1. The molecule has 3 amide bonds. The molecule has 0 saturated carbocycles. The Balaban J connectivity index is 1.59. The van der Waals surface area contributed by atoms with Crippen LogP contribution in [0.2, 0.25) is 0 Å². The molecule has 3 heterocycles. The molecule has 2 aromatic carbocycles. The topological polar surface area (TPSA) is 82.6 Å². The van der Waals surface area contributed by atoms with Gasteiger partial charge >= 0.3 is 0 Å². The summed E-state index contributed by atoms with van der Waals surface area (Å²) in [5.41, 5.74) is 1.89. The molecule has 1 fully saturated rings. The van der Waals surface area contributed by atoms with E-state index in [4.69, 9.17) is 9.47 Å². The van der Waals surface area contributed by atoms with Crippen LogP contribution in [0.3, 0.4) is 0 Å². The fraction of sp³-hybridized carbons (Fsp3) is 0.375. The zero-order valence-corrected chi connectivity index (χ0v) is 18.9. The van der Waals surface area contributed by atoms with Crippen LogP contribution in [0, 0.1) is 0 Å². The van der Waals surface area contributed by atoms with E-state index in [-0.39, 0.29) is 24.3 Å². The molecule has 0 aliphatic carbocycles. The Hall–Kier alpha value is -3.59. The summed E-state index contributed by atoms with van der Waals surface area (Å²) in [6.07, 6.45) is -0.730. The lowest BCUT2D eigenvalue weighted by Gasteiger charge is -2.41. The summed E-state index contributed by atoms with van der Waals surface area (Å²) in [5.74, 6) is 0.0680. The van der Waals surface area contributed by atoms with Crippen molar-refractivity contribution in [2.45, 2.75) is 6.17 Å². The van der Waals surface area contributed by atoms with Gasteiger partial charge in [-0.3, -0.25) is 19.3 Å². The summed E-state index contributed by atoms with van der Waals surface area (Å²) >= 11 is 0. The summed E-state index contributed by atoms with van der Waals surface area (Å²) in [4.78, 5) is 47.5. The highest BCUT2D eigenvalue weighted by Crippen LogP contribution is 2.49. The normalized spacial score (nSPS) is 19.8. The van der Waals surface area contributed by atoms with E-state index in [2.05, 4.69) is 4.90 Å². The molecule has 1 atom stereocenters. The summed E-state index contributed by atoms with van der Waals surface area (Å²) in [6.45, 7) is 2.69. The zero-order valence-electron chi connectivity index (χ0n) is 18.9. The van der Waals surface area contributed by atoms with Crippen molar-refractivity contribution in [3.63, 3.8) is 0 Å². The van der Waals surface area contributed by atoms with Gasteiger partial charge in [-0.15, -0.1) is 0 Å². The largest absolute Gasteiger partial charge is 0.493 e. The van der Waals surface area contributed by atoms with Gasteiger partial charge in [0.2, 0.25) is 5.91 Å². The molecule has 9 nitrogen and oxygen atoms in total. The van der Waals surface area contributed by atoms with E-state index < -0.39 is 6.17 Å². The molecule has 33 heavy (non-hydrogen) atoms. The lowest BCUT2D eigenvalue weighted by atomic mass is 10.0. The summed E-state index contributed by atoms with van der Waals surface area (Å²) in [5, 5.41) is 0. The number of nitrogens with zero attached hydrogens (tertiary/aromatic N) is 4. The maximum Gasteiger partial charge on any atom is 0.264 e. The third-order valence-corrected chi connectivity index (χ3v) is 6.64. The molecule has 2 aromatic rings. The molecule has 0 aromatic heterocycles. The number of carbonyl (C=O) groups is 3. The van der Waals surface area contributed by atoms with Crippen molar-refractivity contribution in [1.82, 2.24) is 14.7 Å². The fourth-order valence-electron chi connectivity index (χ4n) is 4.89. The number of rotatable bonds is 4. The van der Waals surface area contributed by atoms with Gasteiger partial charge in [-0.1, -0.05) is 18.2 Å². The van der Waals surface area contributed by atoms with Gasteiger partial charge in [0.25, 0.3) is 11.8 Å². The van der Waals surface area contributed by atoms with Crippen LogP contribution in [0.5, 0.6) is 11.5 Å². The predicted molar refractivity (Wildman–Crippen MR) is 121 cm³/mol. The predicted octanol–water partition coefficient (Wildman–Crippen LogP) is 1.59. The molecule has 0 N–H and O–H groups in total. The molecule has 0 radical (unpaired) electrons. The van der Waals surface area contributed by atoms with Crippen LogP contribution in [0.15, 0.2) is 36.4 Å². The number of methoxy groups -OCH3 is 2. The minimum Gasteiger partial charge on any atom is -0.493 e. The molecule has 0 spiro atoms. The number of benzene rings is 2. The molecule has 0 bridgehead atoms. The quantitative estimate of drug-likeness (QED) is 0.704. The highest BCUT2D eigenvalue weighted by Gasteiger charge is 2.50. The second-order valence-corrected chi connectivity index (χ2v) is 8.45. The van der Waals surface area contributed by atoms with Crippen molar-refractivity contribution >= 4 is 23.4 Å². The number of piperazine rings is 1. The van der Waals surface area contributed by atoms with Crippen LogP contribution in [-0.2, 0) is 4.79 Å². The number of hydrogen-bond acceptors (Lipinski definition) is 6. The summed E-state index contributed by atoms with van der Waals surface area (Å²) in [7, 11) is 5.01. The molecular weight excluding hydrogens is 424 g/mol. The van der Waals surface area contributed by atoms with Crippen molar-refractivity contribution in [2.24, 2.45) is 0 Å². The molecule has 5 rings (SSSR count). The zero-order chi connectivity index (χ0) is 23.3. The van der Waals surface area contributed by atoms with E-state index in [0.29, 0.717) is 47.0 Å². The number of hydrogen-bond donors (Lipinski definition) is 0. The Labute approximate surface area is 192 Å².